The van der Waals surface area contributed by atoms with Crippen molar-refractivity contribution >= 4 is 17.5 Å². The molecular formula is C16H18ClNO3. The first-order valence-electron chi connectivity index (χ1n) is 6.93. The molecule has 112 valence electrons. The van der Waals surface area contributed by atoms with Gasteiger partial charge in [0, 0.05) is 17.7 Å². The van der Waals surface area contributed by atoms with Crippen LogP contribution >= 0.6 is 11.6 Å². The molecule has 2 rings (SSSR count). The molecule has 2 unspecified atom stereocenters. The van der Waals surface area contributed by atoms with E-state index >= 15 is 0 Å². The molecular weight excluding hydrogens is 290 g/mol. The number of aliphatic hydroxyl groups excluding tert-OH is 1. The Hall–Kier alpha value is -1.54. The van der Waals surface area contributed by atoms with Gasteiger partial charge < -0.3 is 15.2 Å². The zero-order chi connectivity index (χ0) is 15.2. The van der Waals surface area contributed by atoms with Crippen LogP contribution in [0.4, 0.5) is 0 Å². The van der Waals surface area contributed by atoms with E-state index in [1.54, 1.807) is 18.2 Å². The van der Waals surface area contributed by atoms with Gasteiger partial charge in [-0.05, 0) is 38.0 Å². The fourth-order valence-corrected chi connectivity index (χ4v) is 2.50. The zero-order valence-electron chi connectivity index (χ0n) is 11.9. The van der Waals surface area contributed by atoms with Gasteiger partial charge in [0.15, 0.2) is 0 Å². The number of benzene rings is 1. The Kier molecular flexibility index (Phi) is 5.63. The molecule has 2 N–H and O–H groups in total. The quantitative estimate of drug-likeness (QED) is 0.840. The van der Waals surface area contributed by atoms with E-state index in [1.807, 2.05) is 6.92 Å². The molecule has 5 heteroatoms. The fraction of sp³-hybridized carbons (Fsp3) is 0.438. The van der Waals surface area contributed by atoms with E-state index in [1.165, 1.54) is 0 Å². The van der Waals surface area contributed by atoms with Gasteiger partial charge in [-0.1, -0.05) is 23.4 Å². The number of hydrogen-bond acceptors (Lipinski definition) is 3. The Labute approximate surface area is 129 Å². The van der Waals surface area contributed by atoms with Crippen molar-refractivity contribution in [3.63, 3.8) is 0 Å². The molecule has 21 heavy (non-hydrogen) atoms. The maximum absolute atomic E-state index is 12.2. The summed E-state index contributed by atoms with van der Waals surface area (Å²) < 4.78 is 5.56. The summed E-state index contributed by atoms with van der Waals surface area (Å²) in [4.78, 5) is 12.2. The highest BCUT2D eigenvalue weighted by Gasteiger charge is 2.24. The SMILES string of the molecule is CC(NC(=O)c1ccc(C#CCO)c(Cl)c1)C1CCCO1. The molecule has 0 aliphatic carbocycles. The topological polar surface area (TPSA) is 58.6 Å². The molecule has 1 aliphatic rings. The van der Waals surface area contributed by atoms with Crippen molar-refractivity contribution in [3.05, 3.63) is 34.3 Å². The summed E-state index contributed by atoms with van der Waals surface area (Å²) in [5.41, 5.74) is 1.08. The number of amides is 1. The molecule has 1 aromatic rings. The summed E-state index contributed by atoms with van der Waals surface area (Å²) in [6, 6.07) is 4.90. The van der Waals surface area contributed by atoms with Gasteiger partial charge in [0.1, 0.15) is 6.61 Å². The highest BCUT2D eigenvalue weighted by atomic mass is 35.5. The number of nitrogens with one attached hydrogen (secondary N) is 1. The Balaban J connectivity index is 2.03. The van der Waals surface area contributed by atoms with Crippen molar-refractivity contribution in [2.45, 2.75) is 31.9 Å². The minimum Gasteiger partial charge on any atom is -0.384 e. The van der Waals surface area contributed by atoms with Gasteiger partial charge in [0.2, 0.25) is 0 Å². The highest BCUT2D eigenvalue weighted by Crippen LogP contribution is 2.18. The molecule has 0 spiro atoms. The molecule has 0 radical (unpaired) electrons. The van der Waals surface area contributed by atoms with E-state index in [0.717, 1.165) is 19.4 Å². The number of halogens is 1. The Morgan fingerprint density at radius 2 is 2.43 bits per heavy atom. The van der Waals surface area contributed by atoms with Crippen molar-refractivity contribution in [2.75, 3.05) is 13.2 Å². The van der Waals surface area contributed by atoms with Crippen LogP contribution in [-0.2, 0) is 4.74 Å². The second-order valence-corrected chi connectivity index (χ2v) is 5.38. The predicted octanol–water partition coefficient (Wildman–Crippen LogP) is 1.98. The maximum atomic E-state index is 12.2. The second-order valence-electron chi connectivity index (χ2n) is 4.97. The molecule has 1 fully saturated rings. The lowest BCUT2D eigenvalue weighted by molar-refractivity contribution is 0.0712. The molecule has 2 atom stereocenters. The highest BCUT2D eigenvalue weighted by molar-refractivity contribution is 6.32. The lowest BCUT2D eigenvalue weighted by atomic mass is 10.1. The van der Waals surface area contributed by atoms with E-state index in [4.69, 9.17) is 21.4 Å². The van der Waals surface area contributed by atoms with Crippen LogP contribution in [-0.4, -0.2) is 36.4 Å². The average molecular weight is 308 g/mol. The Morgan fingerprint density at radius 3 is 3.05 bits per heavy atom. The van der Waals surface area contributed by atoms with Crippen LogP contribution in [0.15, 0.2) is 18.2 Å². The lowest BCUT2D eigenvalue weighted by Gasteiger charge is -2.20. The normalized spacial score (nSPS) is 18.7. The molecule has 1 aromatic carbocycles. The molecule has 1 saturated heterocycles. The summed E-state index contributed by atoms with van der Waals surface area (Å²) in [7, 11) is 0. The molecule has 4 nitrogen and oxygen atoms in total. The number of rotatable bonds is 3. The smallest absolute Gasteiger partial charge is 0.251 e. The first-order chi connectivity index (χ1) is 10.1. The fourth-order valence-electron chi connectivity index (χ4n) is 2.27. The molecule has 0 saturated carbocycles. The monoisotopic (exact) mass is 307 g/mol. The molecule has 1 heterocycles. The molecule has 0 aromatic heterocycles. The van der Waals surface area contributed by atoms with Crippen LogP contribution in [0.25, 0.3) is 0 Å². The number of aliphatic hydroxyl groups is 1. The van der Waals surface area contributed by atoms with Gasteiger partial charge >= 0.3 is 0 Å². The largest absolute Gasteiger partial charge is 0.384 e. The van der Waals surface area contributed by atoms with Gasteiger partial charge in [-0.2, -0.15) is 0 Å². The van der Waals surface area contributed by atoms with Gasteiger partial charge in [-0.25, -0.2) is 0 Å². The summed E-state index contributed by atoms with van der Waals surface area (Å²) in [6.07, 6.45) is 2.09. The van der Waals surface area contributed by atoms with Crippen LogP contribution in [0.3, 0.4) is 0 Å². The van der Waals surface area contributed by atoms with E-state index in [2.05, 4.69) is 17.2 Å². The lowest BCUT2D eigenvalue weighted by Crippen LogP contribution is -2.40. The third-order valence-electron chi connectivity index (χ3n) is 3.41. The van der Waals surface area contributed by atoms with Crippen LogP contribution < -0.4 is 5.32 Å². The van der Waals surface area contributed by atoms with E-state index in [-0.39, 0.29) is 24.7 Å². The number of hydrogen-bond donors (Lipinski definition) is 2. The molecule has 1 amide bonds. The molecule has 1 aliphatic heterocycles. The maximum Gasteiger partial charge on any atom is 0.251 e. The van der Waals surface area contributed by atoms with Gasteiger partial charge in [-0.3, -0.25) is 4.79 Å². The summed E-state index contributed by atoms with van der Waals surface area (Å²) in [5, 5.41) is 12.0. The number of ether oxygens (including phenoxy) is 1. The van der Waals surface area contributed by atoms with Gasteiger partial charge in [-0.15, -0.1) is 0 Å². The standard InChI is InChI=1S/C16H18ClNO3/c1-11(15-5-3-9-21-15)18-16(20)13-7-6-12(4-2-8-19)14(17)10-13/h6-7,10-11,15,19H,3,5,8-9H2,1H3,(H,18,20). The van der Waals surface area contributed by atoms with Gasteiger partial charge in [0.25, 0.3) is 5.91 Å². The Bertz CT molecular complexity index is 571. The summed E-state index contributed by atoms with van der Waals surface area (Å²) >= 11 is 6.08. The van der Waals surface area contributed by atoms with Crippen molar-refractivity contribution in [3.8, 4) is 11.8 Å². The first kappa shape index (κ1) is 15.8. The van der Waals surface area contributed by atoms with Crippen LogP contribution in [0.1, 0.15) is 35.7 Å². The second kappa shape index (κ2) is 7.46. The van der Waals surface area contributed by atoms with Crippen LogP contribution in [0.2, 0.25) is 5.02 Å². The minimum atomic E-state index is -0.225. The number of carbonyl (C=O) groups is 1. The summed E-state index contributed by atoms with van der Waals surface area (Å²) in [5.74, 6) is 5.08. The van der Waals surface area contributed by atoms with Crippen molar-refractivity contribution in [1.29, 1.82) is 0 Å². The third kappa shape index (κ3) is 4.21. The van der Waals surface area contributed by atoms with Crippen LogP contribution in [0, 0.1) is 11.8 Å². The van der Waals surface area contributed by atoms with Crippen LogP contribution in [0.5, 0.6) is 0 Å². The molecule has 0 bridgehead atoms. The van der Waals surface area contributed by atoms with Crippen molar-refractivity contribution in [2.24, 2.45) is 0 Å². The van der Waals surface area contributed by atoms with Crippen molar-refractivity contribution in [1.82, 2.24) is 5.32 Å². The first-order valence-corrected chi connectivity index (χ1v) is 7.31. The number of carbonyl (C=O) groups excluding carboxylic acids is 1. The summed E-state index contributed by atoms with van der Waals surface area (Å²) in [6.45, 7) is 2.48. The van der Waals surface area contributed by atoms with E-state index in [9.17, 15) is 4.79 Å². The van der Waals surface area contributed by atoms with Gasteiger partial charge in [0.05, 0.1) is 17.2 Å². The van der Waals surface area contributed by atoms with Crippen molar-refractivity contribution < 1.29 is 14.6 Å². The Morgan fingerprint density at radius 1 is 1.62 bits per heavy atom. The van der Waals surface area contributed by atoms with E-state index < -0.39 is 0 Å². The zero-order valence-corrected chi connectivity index (χ0v) is 12.6. The predicted molar refractivity (Wildman–Crippen MR) is 81.3 cm³/mol. The third-order valence-corrected chi connectivity index (χ3v) is 3.73. The average Bonchev–Trinajstić information content (AvgIpc) is 3.00. The minimum absolute atomic E-state index is 0.0346. The van der Waals surface area contributed by atoms with E-state index in [0.29, 0.717) is 16.1 Å².